The molecule has 21 heavy (non-hydrogen) atoms. The zero-order valence-corrected chi connectivity index (χ0v) is 12.8. The summed E-state index contributed by atoms with van der Waals surface area (Å²) >= 11 is 1.03. The van der Waals surface area contributed by atoms with E-state index in [4.69, 9.17) is 9.56 Å². The van der Waals surface area contributed by atoms with Gasteiger partial charge in [0.1, 0.15) is 11.3 Å². The first-order valence-electron chi connectivity index (χ1n) is 6.11. The van der Waals surface area contributed by atoms with Gasteiger partial charge in [-0.25, -0.2) is 18.5 Å². The summed E-state index contributed by atoms with van der Waals surface area (Å²) in [6, 6.07) is 9.70. The fourth-order valence-electron chi connectivity index (χ4n) is 1.97. The van der Waals surface area contributed by atoms with Crippen molar-refractivity contribution in [2.24, 2.45) is 5.14 Å². The number of furan rings is 1. The lowest BCUT2D eigenvalue weighted by molar-refractivity contribution is 0.546. The van der Waals surface area contributed by atoms with E-state index < -0.39 is 10.0 Å². The number of nitrogens with zero attached hydrogens (tertiary/aromatic N) is 2. The molecule has 0 amide bonds. The van der Waals surface area contributed by atoms with Crippen molar-refractivity contribution in [2.75, 3.05) is 11.9 Å². The maximum Gasteiger partial charge on any atom is 0.249 e. The van der Waals surface area contributed by atoms with Gasteiger partial charge in [0.25, 0.3) is 0 Å². The number of nitrogens with two attached hydrogens (primary N) is 1. The van der Waals surface area contributed by atoms with Gasteiger partial charge >= 0.3 is 0 Å². The molecule has 0 saturated carbocycles. The van der Waals surface area contributed by atoms with Crippen LogP contribution in [0.15, 0.2) is 45.2 Å². The van der Waals surface area contributed by atoms with Crippen molar-refractivity contribution < 1.29 is 12.8 Å². The average Bonchev–Trinajstić information content (AvgIpc) is 3.04. The summed E-state index contributed by atoms with van der Waals surface area (Å²) in [5.41, 5.74) is 0.824. The Hall–Kier alpha value is -1.90. The Balaban J connectivity index is 1.82. The van der Waals surface area contributed by atoms with Crippen LogP contribution >= 0.6 is 11.3 Å². The molecule has 0 radical (unpaired) electrons. The number of rotatable bonds is 4. The molecule has 0 saturated heterocycles. The minimum atomic E-state index is -3.70. The molecule has 0 fully saturated rings. The molecule has 0 aliphatic heterocycles. The molecule has 3 rings (SSSR count). The molecular formula is C13H13N3O3S2. The summed E-state index contributed by atoms with van der Waals surface area (Å²) in [7, 11) is -1.88. The van der Waals surface area contributed by atoms with Crippen molar-refractivity contribution in [3.8, 4) is 0 Å². The zero-order valence-electron chi connectivity index (χ0n) is 11.2. The normalized spacial score (nSPS) is 11.9. The van der Waals surface area contributed by atoms with Gasteiger partial charge in [0.2, 0.25) is 10.0 Å². The molecule has 2 heterocycles. The molecule has 0 atom stereocenters. The monoisotopic (exact) mass is 323 g/mol. The predicted molar refractivity (Wildman–Crippen MR) is 81.8 cm³/mol. The van der Waals surface area contributed by atoms with Crippen LogP contribution in [0.25, 0.3) is 11.0 Å². The molecule has 0 spiro atoms. The van der Waals surface area contributed by atoms with E-state index in [-0.39, 0.29) is 4.21 Å². The molecular weight excluding hydrogens is 310 g/mol. The summed E-state index contributed by atoms with van der Waals surface area (Å²) in [5, 5.41) is 6.68. The smallest absolute Gasteiger partial charge is 0.249 e. The SMILES string of the molecule is CN(Cc1cc2ccccc2o1)c1ncc(S(N)(=O)=O)s1. The number of aromatic nitrogens is 1. The van der Waals surface area contributed by atoms with Crippen LogP contribution in [-0.2, 0) is 16.6 Å². The van der Waals surface area contributed by atoms with Crippen LogP contribution in [0, 0.1) is 0 Å². The van der Waals surface area contributed by atoms with Gasteiger partial charge in [-0.3, -0.25) is 0 Å². The van der Waals surface area contributed by atoms with Gasteiger partial charge < -0.3 is 9.32 Å². The van der Waals surface area contributed by atoms with Crippen LogP contribution in [0.3, 0.4) is 0 Å². The lowest BCUT2D eigenvalue weighted by Crippen LogP contribution is -2.15. The van der Waals surface area contributed by atoms with E-state index in [9.17, 15) is 8.42 Å². The molecule has 8 heteroatoms. The Kier molecular flexibility index (Phi) is 3.44. The van der Waals surface area contributed by atoms with Gasteiger partial charge in [0.15, 0.2) is 9.34 Å². The second-order valence-corrected chi connectivity index (χ2v) is 7.41. The molecule has 0 aliphatic rings. The molecule has 0 bridgehead atoms. The Morgan fingerprint density at radius 2 is 2.14 bits per heavy atom. The molecule has 6 nitrogen and oxygen atoms in total. The number of thiazole rings is 1. The minimum Gasteiger partial charge on any atom is -0.459 e. The lowest BCUT2D eigenvalue weighted by atomic mass is 10.2. The van der Waals surface area contributed by atoms with Crippen LogP contribution in [0.4, 0.5) is 5.13 Å². The van der Waals surface area contributed by atoms with Gasteiger partial charge in [-0.15, -0.1) is 0 Å². The third-order valence-electron chi connectivity index (χ3n) is 2.95. The second kappa shape index (κ2) is 5.14. The van der Waals surface area contributed by atoms with E-state index in [0.717, 1.165) is 28.1 Å². The van der Waals surface area contributed by atoms with Gasteiger partial charge in [0.05, 0.1) is 12.7 Å². The Morgan fingerprint density at radius 1 is 1.38 bits per heavy atom. The second-order valence-electron chi connectivity index (χ2n) is 4.61. The summed E-state index contributed by atoms with van der Waals surface area (Å²) in [6.45, 7) is 0.492. The van der Waals surface area contributed by atoms with Crippen molar-refractivity contribution in [1.29, 1.82) is 0 Å². The van der Waals surface area contributed by atoms with E-state index in [1.807, 2.05) is 42.3 Å². The highest BCUT2D eigenvalue weighted by molar-refractivity contribution is 7.91. The van der Waals surface area contributed by atoms with Crippen molar-refractivity contribution in [3.63, 3.8) is 0 Å². The largest absolute Gasteiger partial charge is 0.459 e. The highest BCUT2D eigenvalue weighted by atomic mass is 32.2. The standard InChI is InChI=1S/C13H13N3O3S2/c1-16(13-15-7-12(20-13)21(14,17)18)8-10-6-9-4-2-3-5-11(9)19-10/h2-7H,8H2,1H3,(H2,14,17,18). The van der Waals surface area contributed by atoms with Gasteiger partial charge in [-0.1, -0.05) is 29.5 Å². The first kappa shape index (κ1) is 14.1. The van der Waals surface area contributed by atoms with Gasteiger partial charge in [-0.2, -0.15) is 0 Å². The number of hydrogen-bond donors (Lipinski definition) is 1. The highest BCUT2D eigenvalue weighted by Crippen LogP contribution is 2.27. The number of anilines is 1. The minimum absolute atomic E-state index is 0.0500. The summed E-state index contributed by atoms with van der Waals surface area (Å²) in [5.74, 6) is 0.783. The number of hydrogen-bond acceptors (Lipinski definition) is 6. The number of benzene rings is 1. The average molecular weight is 323 g/mol. The number of para-hydroxylation sites is 1. The summed E-state index contributed by atoms with van der Waals surface area (Å²) in [6.07, 6.45) is 1.27. The molecule has 3 aromatic rings. The van der Waals surface area contributed by atoms with Crippen LogP contribution in [0.2, 0.25) is 0 Å². The molecule has 110 valence electrons. The van der Waals surface area contributed by atoms with E-state index in [1.54, 1.807) is 0 Å². The number of sulfonamides is 1. The van der Waals surface area contributed by atoms with Crippen LogP contribution < -0.4 is 10.0 Å². The lowest BCUT2D eigenvalue weighted by Gasteiger charge is -2.13. The summed E-state index contributed by atoms with van der Waals surface area (Å²) in [4.78, 5) is 5.89. The van der Waals surface area contributed by atoms with Crippen LogP contribution in [-0.4, -0.2) is 20.4 Å². The third kappa shape index (κ3) is 2.92. The maximum absolute atomic E-state index is 11.3. The molecule has 0 unspecified atom stereocenters. The Labute approximate surface area is 125 Å². The van der Waals surface area contributed by atoms with E-state index in [0.29, 0.717) is 11.7 Å². The van der Waals surface area contributed by atoms with Crippen molar-refractivity contribution in [1.82, 2.24) is 4.98 Å². The van der Waals surface area contributed by atoms with Crippen molar-refractivity contribution >= 4 is 37.5 Å². The molecule has 2 aromatic heterocycles. The van der Waals surface area contributed by atoms with Gasteiger partial charge in [0, 0.05) is 12.4 Å². The van der Waals surface area contributed by atoms with Crippen LogP contribution in [0.5, 0.6) is 0 Å². The summed E-state index contributed by atoms with van der Waals surface area (Å²) < 4.78 is 28.3. The Bertz CT molecular complexity index is 850. The molecule has 2 N–H and O–H groups in total. The van der Waals surface area contributed by atoms with Gasteiger partial charge in [-0.05, 0) is 12.1 Å². The molecule has 1 aromatic carbocycles. The zero-order chi connectivity index (χ0) is 15.0. The molecule has 0 aliphatic carbocycles. The van der Waals surface area contributed by atoms with Crippen LogP contribution in [0.1, 0.15) is 5.76 Å². The van der Waals surface area contributed by atoms with Crippen molar-refractivity contribution in [3.05, 3.63) is 42.3 Å². The first-order chi connectivity index (χ1) is 9.93. The van der Waals surface area contributed by atoms with E-state index in [1.165, 1.54) is 6.20 Å². The number of fused-ring (bicyclic) bond motifs is 1. The maximum atomic E-state index is 11.3. The predicted octanol–water partition coefficient (Wildman–Crippen LogP) is 2.17. The van der Waals surface area contributed by atoms with E-state index >= 15 is 0 Å². The Morgan fingerprint density at radius 3 is 2.81 bits per heavy atom. The highest BCUT2D eigenvalue weighted by Gasteiger charge is 2.16. The van der Waals surface area contributed by atoms with E-state index in [2.05, 4.69) is 4.98 Å². The van der Waals surface area contributed by atoms with Crippen molar-refractivity contribution in [2.45, 2.75) is 10.8 Å². The fourth-order valence-corrected chi connectivity index (χ4v) is 3.47. The quantitative estimate of drug-likeness (QED) is 0.795. The third-order valence-corrected chi connectivity index (χ3v) is 5.47. The topological polar surface area (TPSA) is 89.4 Å². The fraction of sp³-hybridized carbons (Fsp3) is 0.154. The first-order valence-corrected chi connectivity index (χ1v) is 8.47. The number of primary sulfonamides is 1.